The quantitative estimate of drug-likeness (QED) is 0.566. The van der Waals surface area contributed by atoms with E-state index in [1.165, 1.54) is 6.07 Å². The summed E-state index contributed by atoms with van der Waals surface area (Å²) in [5.74, 6) is -3.69. The molecule has 0 aliphatic carbocycles. The number of nitrogens with one attached hydrogen (secondary N) is 2. The fraction of sp³-hybridized carbons (Fsp3) is 0.200. The van der Waals surface area contributed by atoms with Crippen LogP contribution in [0.5, 0.6) is 0 Å². The molecule has 1 atom stereocenters. The normalized spacial score (nSPS) is 11.8. The molecule has 3 aromatic rings. The Morgan fingerprint density at radius 2 is 1.45 bits per heavy atom. The van der Waals surface area contributed by atoms with E-state index in [0.29, 0.717) is 12.1 Å². The number of para-hydroxylation sites is 1. The molecule has 0 saturated carbocycles. The maximum atomic E-state index is 14.0. The third-order valence-corrected chi connectivity index (χ3v) is 4.94. The zero-order valence-electron chi connectivity index (χ0n) is 17.4. The summed E-state index contributed by atoms with van der Waals surface area (Å²) < 4.78 is 27.9. The second-order valence-electron chi connectivity index (χ2n) is 7.60. The fourth-order valence-electron chi connectivity index (χ4n) is 3.29. The molecule has 4 nitrogen and oxygen atoms in total. The topological polar surface area (TPSA) is 58.2 Å². The van der Waals surface area contributed by atoms with Crippen LogP contribution in [0.2, 0.25) is 0 Å². The van der Waals surface area contributed by atoms with E-state index in [9.17, 15) is 18.4 Å². The van der Waals surface area contributed by atoms with Crippen LogP contribution in [0.15, 0.2) is 72.8 Å². The van der Waals surface area contributed by atoms with Crippen LogP contribution in [0.1, 0.15) is 35.3 Å². The Hall–Kier alpha value is -3.54. The predicted molar refractivity (Wildman–Crippen MR) is 117 cm³/mol. The SMILES string of the molecule is CC(C)[C@H](NC(=O)c1c(F)cccc1F)C(=O)Nc1ccccc1Cc1ccccc1. The van der Waals surface area contributed by atoms with E-state index >= 15 is 0 Å². The molecule has 0 saturated heterocycles. The second kappa shape index (κ2) is 9.98. The van der Waals surface area contributed by atoms with Gasteiger partial charge in [0, 0.05) is 5.69 Å². The molecule has 0 spiro atoms. The van der Waals surface area contributed by atoms with Crippen LogP contribution in [0.25, 0.3) is 0 Å². The van der Waals surface area contributed by atoms with Crippen molar-refractivity contribution in [3.05, 3.63) is 101 Å². The first kappa shape index (κ1) is 22.2. The van der Waals surface area contributed by atoms with Gasteiger partial charge in [0.05, 0.1) is 0 Å². The van der Waals surface area contributed by atoms with Crippen molar-refractivity contribution in [3.8, 4) is 0 Å². The highest BCUT2D eigenvalue weighted by atomic mass is 19.1. The van der Waals surface area contributed by atoms with Crippen LogP contribution >= 0.6 is 0 Å². The summed E-state index contributed by atoms with van der Waals surface area (Å²) in [6.07, 6.45) is 0.621. The Kier molecular flexibility index (Phi) is 7.13. The predicted octanol–water partition coefficient (Wildman–Crippen LogP) is 4.95. The lowest BCUT2D eigenvalue weighted by Gasteiger charge is -2.23. The van der Waals surface area contributed by atoms with Crippen molar-refractivity contribution in [2.45, 2.75) is 26.3 Å². The van der Waals surface area contributed by atoms with Crippen LogP contribution in [0.4, 0.5) is 14.5 Å². The summed E-state index contributed by atoms with van der Waals surface area (Å²) in [7, 11) is 0. The highest BCUT2D eigenvalue weighted by Gasteiger charge is 2.27. The van der Waals surface area contributed by atoms with Gasteiger partial charge in [0.2, 0.25) is 5.91 Å². The number of carbonyl (C=O) groups is 2. The monoisotopic (exact) mass is 422 g/mol. The van der Waals surface area contributed by atoms with Gasteiger partial charge in [-0.3, -0.25) is 9.59 Å². The number of carbonyl (C=O) groups excluding carboxylic acids is 2. The van der Waals surface area contributed by atoms with E-state index in [1.54, 1.807) is 19.9 Å². The summed E-state index contributed by atoms with van der Waals surface area (Å²) in [4.78, 5) is 25.5. The van der Waals surface area contributed by atoms with E-state index in [0.717, 1.165) is 23.3 Å². The zero-order valence-corrected chi connectivity index (χ0v) is 17.4. The Balaban J connectivity index is 1.78. The molecule has 2 amide bonds. The molecular weight excluding hydrogens is 398 g/mol. The maximum absolute atomic E-state index is 14.0. The van der Waals surface area contributed by atoms with Gasteiger partial charge in [0.15, 0.2) is 0 Å². The highest BCUT2D eigenvalue weighted by Crippen LogP contribution is 2.20. The number of anilines is 1. The first-order valence-corrected chi connectivity index (χ1v) is 10.0. The molecule has 0 aliphatic rings. The van der Waals surface area contributed by atoms with Crippen molar-refractivity contribution < 1.29 is 18.4 Å². The van der Waals surface area contributed by atoms with Crippen molar-refractivity contribution in [1.29, 1.82) is 0 Å². The zero-order chi connectivity index (χ0) is 22.4. The Bertz CT molecular complexity index is 1050. The summed E-state index contributed by atoms with van der Waals surface area (Å²) in [6.45, 7) is 3.50. The van der Waals surface area contributed by atoms with Gasteiger partial charge in [-0.1, -0.05) is 68.4 Å². The van der Waals surface area contributed by atoms with E-state index < -0.39 is 35.1 Å². The molecule has 0 radical (unpaired) electrons. The number of halogens is 2. The van der Waals surface area contributed by atoms with Crippen molar-refractivity contribution >= 4 is 17.5 Å². The minimum atomic E-state index is -0.978. The summed E-state index contributed by atoms with van der Waals surface area (Å²) in [6, 6.07) is 19.4. The van der Waals surface area contributed by atoms with E-state index in [-0.39, 0.29) is 5.92 Å². The standard InChI is InChI=1S/C25H24F2N2O2/c1-16(2)23(29-24(30)22-19(26)12-8-13-20(22)27)25(31)28-21-14-7-6-11-18(21)15-17-9-4-3-5-10-17/h3-14,16,23H,15H2,1-2H3,(H,28,31)(H,29,30)/t23-/m0/s1. The smallest absolute Gasteiger partial charge is 0.257 e. The summed E-state index contributed by atoms with van der Waals surface area (Å²) in [5.41, 5.74) is 1.92. The molecule has 0 aromatic heterocycles. The van der Waals surface area contributed by atoms with E-state index in [2.05, 4.69) is 10.6 Å². The lowest BCUT2D eigenvalue weighted by Crippen LogP contribution is -2.47. The van der Waals surface area contributed by atoms with Gasteiger partial charge in [-0.05, 0) is 41.7 Å². The molecule has 3 aromatic carbocycles. The molecule has 0 bridgehead atoms. The van der Waals surface area contributed by atoms with Gasteiger partial charge in [0.1, 0.15) is 23.2 Å². The van der Waals surface area contributed by atoms with E-state index in [4.69, 9.17) is 0 Å². The molecule has 0 fully saturated rings. The largest absolute Gasteiger partial charge is 0.340 e. The first-order valence-electron chi connectivity index (χ1n) is 10.0. The van der Waals surface area contributed by atoms with Gasteiger partial charge in [-0.25, -0.2) is 8.78 Å². The lowest BCUT2D eigenvalue weighted by molar-refractivity contribution is -0.118. The molecular formula is C25H24F2N2O2. The molecule has 0 aliphatic heterocycles. The minimum absolute atomic E-state index is 0.305. The molecule has 31 heavy (non-hydrogen) atoms. The van der Waals surface area contributed by atoms with Crippen LogP contribution in [0.3, 0.4) is 0 Å². The second-order valence-corrected chi connectivity index (χ2v) is 7.60. The molecule has 160 valence electrons. The first-order chi connectivity index (χ1) is 14.9. The Morgan fingerprint density at radius 3 is 2.10 bits per heavy atom. The molecule has 0 heterocycles. The van der Waals surface area contributed by atoms with Gasteiger partial charge in [0.25, 0.3) is 5.91 Å². The molecule has 2 N–H and O–H groups in total. The van der Waals surface area contributed by atoms with Crippen molar-refractivity contribution in [2.24, 2.45) is 5.92 Å². The van der Waals surface area contributed by atoms with E-state index in [1.807, 2.05) is 48.5 Å². The number of hydrogen-bond donors (Lipinski definition) is 2. The summed E-state index contributed by atoms with van der Waals surface area (Å²) >= 11 is 0. The van der Waals surface area contributed by atoms with Gasteiger partial charge in [-0.15, -0.1) is 0 Å². The van der Waals surface area contributed by atoms with Gasteiger partial charge >= 0.3 is 0 Å². The number of hydrogen-bond acceptors (Lipinski definition) is 2. The van der Waals surface area contributed by atoms with Crippen LogP contribution in [0, 0.1) is 17.6 Å². The van der Waals surface area contributed by atoms with Gasteiger partial charge < -0.3 is 10.6 Å². The Labute approximate surface area is 180 Å². The average Bonchev–Trinajstić information content (AvgIpc) is 2.73. The van der Waals surface area contributed by atoms with Crippen molar-refractivity contribution in [1.82, 2.24) is 5.32 Å². The molecule has 3 rings (SSSR count). The van der Waals surface area contributed by atoms with Crippen LogP contribution in [-0.4, -0.2) is 17.9 Å². The number of benzene rings is 3. The van der Waals surface area contributed by atoms with Crippen LogP contribution < -0.4 is 10.6 Å². The highest BCUT2D eigenvalue weighted by molar-refractivity contribution is 6.01. The molecule has 0 unspecified atom stereocenters. The third kappa shape index (κ3) is 5.54. The molecule has 6 heteroatoms. The lowest BCUT2D eigenvalue weighted by atomic mass is 10.0. The number of amides is 2. The van der Waals surface area contributed by atoms with Crippen molar-refractivity contribution in [3.63, 3.8) is 0 Å². The van der Waals surface area contributed by atoms with Crippen LogP contribution in [-0.2, 0) is 11.2 Å². The number of rotatable bonds is 7. The minimum Gasteiger partial charge on any atom is -0.340 e. The van der Waals surface area contributed by atoms with Gasteiger partial charge in [-0.2, -0.15) is 0 Å². The fourth-order valence-corrected chi connectivity index (χ4v) is 3.29. The maximum Gasteiger partial charge on any atom is 0.257 e. The summed E-state index contributed by atoms with van der Waals surface area (Å²) in [5, 5.41) is 5.33. The Morgan fingerprint density at radius 1 is 0.839 bits per heavy atom. The average molecular weight is 422 g/mol. The third-order valence-electron chi connectivity index (χ3n) is 4.94. The van der Waals surface area contributed by atoms with Crippen molar-refractivity contribution in [2.75, 3.05) is 5.32 Å².